The molecule has 0 saturated heterocycles. The molecule has 2 aromatic carbocycles. The van der Waals surface area contributed by atoms with Crippen LogP contribution in [0.5, 0.6) is 5.75 Å². The van der Waals surface area contributed by atoms with Crippen molar-refractivity contribution < 1.29 is 5.11 Å². The van der Waals surface area contributed by atoms with Crippen LogP contribution in [0.3, 0.4) is 0 Å². The predicted molar refractivity (Wildman–Crippen MR) is 84.3 cm³/mol. The molecular formula is C17H28O. The Kier molecular flexibility index (Phi) is 14.2. The molecule has 0 unspecified atom stereocenters. The topological polar surface area (TPSA) is 20.2 Å². The third-order valence-electron chi connectivity index (χ3n) is 1.77. The second-order valence-corrected chi connectivity index (χ2v) is 3.21. The highest BCUT2D eigenvalue weighted by molar-refractivity contribution is 5.87. The molecular weight excluding hydrogens is 220 g/mol. The lowest BCUT2D eigenvalue weighted by atomic mass is 10.1. The van der Waals surface area contributed by atoms with Crippen molar-refractivity contribution in [3.8, 4) is 5.75 Å². The van der Waals surface area contributed by atoms with Crippen LogP contribution < -0.4 is 0 Å². The fraction of sp³-hybridized carbons (Fsp3) is 0.412. The summed E-state index contributed by atoms with van der Waals surface area (Å²) in [6, 6.07) is 13.3. The zero-order valence-electron chi connectivity index (χ0n) is 12.7. The van der Waals surface area contributed by atoms with E-state index in [4.69, 9.17) is 0 Å². The molecule has 0 radical (unpaired) electrons. The van der Waals surface area contributed by atoms with E-state index < -0.39 is 0 Å². The molecule has 1 heteroatoms. The van der Waals surface area contributed by atoms with Crippen molar-refractivity contribution in [3.05, 3.63) is 42.5 Å². The van der Waals surface area contributed by atoms with E-state index in [1.165, 1.54) is 6.42 Å². The van der Waals surface area contributed by atoms with Crippen LogP contribution in [0.25, 0.3) is 10.8 Å². The Morgan fingerprint density at radius 2 is 1.22 bits per heavy atom. The molecule has 0 aliphatic carbocycles. The zero-order valence-corrected chi connectivity index (χ0v) is 12.7. The number of rotatable bonds is 0. The van der Waals surface area contributed by atoms with Crippen LogP contribution >= 0.6 is 0 Å². The van der Waals surface area contributed by atoms with Gasteiger partial charge in [-0.25, -0.2) is 0 Å². The summed E-state index contributed by atoms with van der Waals surface area (Å²) in [5, 5.41) is 11.4. The fourth-order valence-electron chi connectivity index (χ4n) is 1.21. The van der Waals surface area contributed by atoms with Gasteiger partial charge in [-0.15, -0.1) is 0 Å². The molecule has 0 fully saturated rings. The molecule has 2 rings (SSSR count). The van der Waals surface area contributed by atoms with E-state index in [-0.39, 0.29) is 0 Å². The molecule has 0 aromatic heterocycles. The largest absolute Gasteiger partial charge is 0.507 e. The Labute approximate surface area is 112 Å². The van der Waals surface area contributed by atoms with Crippen molar-refractivity contribution in [2.75, 3.05) is 0 Å². The van der Waals surface area contributed by atoms with Crippen LogP contribution in [-0.2, 0) is 0 Å². The first-order valence-electron chi connectivity index (χ1n) is 6.96. The number of benzene rings is 2. The minimum atomic E-state index is 0.350. The second-order valence-electron chi connectivity index (χ2n) is 3.21. The van der Waals surface area contributed by atoms with Gasteiger partial charge in [-0.3, -0.25) is 0 Å². The minimum Gasteiger partial charge on any atom is -0.507 e. The Morgan fingerprint density at radius 1 is 0.778 bits per heavy atom. The van der Waals surface area contributed by atoms with Crippen molar-refractivity contribution in [1.29, 1.82) is 0 Å². The van der Waals surface area contributed by atoms with Gasteiger partial charge >= 0.3 is 0 Å². The van der Waals surface area contributed by atoms with Gasteiger partial charge in [0.25, 0.3) is 0 Å². The molecule has 0 spiro atoms. The summed E-state index contributed by atoms with van der Waals surface area (Å²) in [5.41, 5.74) is 0. The number of aromatic hydroxyl groups is 1. The average Bonchev–Trinajstić information content (AvgIpc) is 2.45. The zero-order chi connectivity index (χ0) is 14.4. The summed E-state index contributed by atoms with van der Waals surface area (Å²) < 4.78 is 0. The molecule has 0 bridgehead atoms. The SMILES string of the molecule is CC.CC.CCC.Oc1cccc2ccccc12. The van der Waals surface area contributed by atoms with Crippen LogP contribution in [0.1, 0.15) is 48.0 Å². The van der Waals surface area contributed by atoms with E-state index in [0.717, 1.165) is 10.8 Å². The van der Waals surface area contributed by atoms with Gasteiger partial charge in [-0.2, -0.15) is 0 Å². The molecule has 2 aromatic rings. The highest BCUT2D eigenvalue weighted by Gasteiger charge is 1.94. The first-order chi connectivity index (χ1) is 8.79. The van der Waals surface area contributed by atoms with E-state index in [9.17, 15) is 5.11 Å². The number of fused-ring (bicyclic) bond motifs is 1. The fourth-order valence-corrected chi connectivity index (χ4v) is 1.21. The van der Waals surface area contributed by atoms with Gasteiger partial charge in [-0.05, 0) is 11.5 Å². The molecule has 0 aliphatic rings. The summed E-state index contributed by atoms with van der Waals surface area (Å²) in [6.07, 6.45) is 1.25. The first-order valence-corrected chi connectivity index (χ1v) is 6.96. The standard InChI is InChI=1S/C10H8O.C3H8.2C2H6/c11-10-7-3-5-8-4-1-2-6-9(8)10;1-3-2;2*1-2/h1-7,11H;3H2,1-2H3;2*1-2H3. The minimum absolute atomic E-state index is 0.350. The highest BCUT2D eigenvalue weighted by Crippen LogP contribution is 2.22. The van der Waals surface area contributed by atoms with E-state index in [1.807, 2.05) is 64.1 Å². The Hall–Kier alpha value is -1.50. The summed E-state index contributed by atoms with van der Waals surface area (Å²) >= 11 is 0. The van der Waals surface area contributed by atoms with Crippen LogP contribution in [-0.4, -0.2) is 5.11 Å². The van der Waals surface area contributed by atoms with Gasteiger partial charge in [-0.1, -0.05) is 84.4 Å². The highest BCUT2D eigenvalue weighted by atomic mass is 16.3. The molecule has 0 atom stereocenters. The van der Waals surface area contributed by atoms with E-state index in [2.05, 4.69) is 13.8 Å². The van der Waals surface area contributed by atoms with E-state index >= 15 is 0 Å². The normalized spacial score (nSPS) is 7.89. The summed E-state index contributed by atoms with van der Waals surface area (Å²) in [7, 11) is 0. The van der Waals surface area contributed by atoms with Crippen LogP contribution in [0.15, 0.2) is 42.5 Å². The lowest BCUT2D eigenvalue weighted by molar-refractivity contribution is 0.481. The molecule has 0 saturated carbocycles. The van der Waals surface area contributed by atoms with Crippen LogP contribution in [0.2, 0.25) is 0 Å². The van der Waals surface area contributed by atoms with Gasteiger partial charge in [0.2, 0.25) is 0 Å². The summed E-state index contributed by atoms with van der Waals surface area (Å²) in [4.78, 5) is 0. The van der Waals surface area contributed by atoms with Crippen LogP contribution in [0, 0.1) is 0 Å². The van der Waals surface area contributed by atoms with Crippen molar-refractivity contribution in [3.63, 3.8) is 0 Å². The predicted octanol–water partition coefficient (Wildman–Crippen LogP) is 6.01. The maximum absolute atomic E-state index is 9.37. The molecule has 0 heterocycles. The lowest BCUT2D eigenvalue weighted by Crippen LogP contribution is -1.70. The summed E-state index contributed by atoms with van der Waals surface area (Å²) in [5.74, 6) is 0.350. The number of phenolic OH excluding ortho intramolecular Hbond substituents is 1. The maximum Gasteiger partial charge on any atom is 0.123 e. The van der Waals surface area contributed by atoms with E-state index in [0.29, 0.717) is 5.75 Å². The number of phenols is 1. The average molecular weight is 248 g/mol. The second kappa shape index (κ2) is 13.6. The van der Waals surface area contributed by atoms with Crippen molar-refractivity contribution >= 4 is 10.8 Å². The Bertz CT molecular complexity index is 388. The summed E-state index contributed by atoms with van der Waals surface area (Å²) in [6.45, 7) is 12.2. The third-order valence-corrected chi connectivity index (χ3v) is 1.77. The van der Waals surface area contributed by atoms with E-state index in [1.54, 1.807) is 6.07 Å². The van der Waals surface area contributed by atoms with Crippen molar-refractivity contribution in [2.24, 2.45) is 0 Å². The number of hydrogen-bond acceptors (Lipinski definition) is 1. The Morgan fingerprint density at radius 3 is 1.72 bits per heavy atom. The third kappa shape index (κ3) is 6.95. The molecule has 1 N–H and O–H groups in total. The van der Waals surface area contributed by atoms with Crippen molar-refractivity contribution in [2.45, 2.75) is 48.0 Å². The first kappa shape index (κ1) is 18.9. The molecule has 0 aliphatic heterocycles. The van der Waals surface area contributed by atoms with Gasteiger partial charge in [0, 0.05) is 5.39 Å². The quantitative estimate of drug-likeness (QED) is 0.605. The molecule has 18 heavy (non-hydrogen) atoms. The molecule has 102 valence electrons. The van der Waals surface area contributed by atoms with Gasteiger partial charge in [0.05, 0.1) is 0 Å². The van der Waals surface area contributed by atoms with Crippen molar-refractivity contribution in [1.82, 2.24) is 0 Å². The van der Waals surface area contributed by atoms with Crippen LogP contribution in [0.4, 0.5) is 0 Å². The molecule has 0 amide bonds. The molecule has 1 nitrogen and oxygen atoms in total. The Balaban J connectivity index is 0. The van der Waals surface area contributed by atoms with Gasteiger partial charge in [0.15, 0.2) is 0 Å². The lowest BCUT2D eigenvalue weighted by Gasteiger charge is -1.97. The van der Waals surface area contributed by atoms with Gasteiger partial charge < -0.3 is 5.11 Å². The monoisotopic (exact) mass is 248 g/mol. The van der Waals surface area contributed by atoms with Gasteiger partial charge in [0.1, 0.15) is 5.75 Å². The number of hydrogen-bond donors (Lipinski definition) is 1. The smallest absolute Gasteiger partial charge is 0.123 e. The maximum atomic E-state index is 9.37.